The molecule has 0 radical (unpaired) electrons. The zero-order chi connectivity index (χ0) is 11.7. The van der Waals surface area contributed by atoms with E-state index in [1.165, 1.54) is 11.1 Å². The summed E-state index contributed by atoms with van der Waals surface area (Å²) in [6.45, 7) is 1.95. The van der Waals surface area contributed by atoms with E-state index in [1.54, 1.807) is 0 Å². The monoisotopic (exact) mass is 227 g/mol. The molecule has 0 saturated carbocycles. The highest BCUT2D eigenvalue weighted by Gasteiger charge is 2.22. The van der Waals surface area contributed by atoms with Crippen molar-refractivity contribution in [1.82, 2.24) is 5.32 Å². The predicted molar refractivity (Wildman–Crippen MR) is 69.0 cm³/mol. The van der Waals surface area contributed by atoms with E-state index in [9.17, 15) is 4.79 Å². The fourth-order valence-electron chi connectivity index (χ4n) is 2.46. The second kappa shape index (κ2) is 4.46. The van der Waals surface area contributed by atoms with Crippen LogP contribution in [0.3, 0.4) is 0 Å². The first-order valence-corrected chi connectivity index (χ1v) is 6.39. The van der Waals surface area contributed by atoms with Crippen LogP contribution in [0.5, 0.6) is 0 Å². The minimum absolute atomic E-state index is 0.224. The van der Waals surface area contributed by atoms with Gasteiger partial charge >= 0.3 is 0 Å². The lowest BCUT2D eigenvalue weighted by Gasteiger charge is -2.21. The van der Waals surface area contributed by atoms with E-state index in [0.29, 0.717) is 5.78 Å². The predicted octanol–water partition coefficient (Wildman–Crippen LogP) is 2.66. The Balaban J connectivity index is 1.73. The lowest BCUT2D eigenvalue weighted by atomic mass is 9.89. The van der Waals surface area contributed by atoms with Crippen molar-refractivity contribution in [3.63, 3.8) is 0 Å². The smallest absolute Gasteiger partial charge is 0.166 e. The summed E-state index contributed by atoms with van der Waals surface area (Å²) in [5.74, 6) is 0.546. The van der Waals surface area contributed by atoms with E-state index in [1.807, 2.05) is 12.1 Å². The number of piperidine rings is 1. The SMILES string of the molecule is O=C(c1ccc(C2=CC2)cc1)C1CCNCC1. The number of allylic oxidation sites excluding steroid dienone is 2. The highest BCUT2D eigenvalue weighted by Crippen LogP contribution is 2.31. The number of hydrogen-bond donors (Lipinski definition) is 1. The van der Waals surface area contributed by atoms with Crippen molar-refractivity contribution in [1.29, 1.82) is 0 Å². The molecule has 88 valence electrons. The summed E-state index contributed by atoms with van der Waals surface area (Å²) in [6.07, 6.45) is 5.28. The standard InChI is InChI=1S/C15H17NO/c17-15(14-7-9-16-10-8-14)13-5-3-12(4-6-13)11-1-2-11/h1,3-6,14,16H,2,7-10H2. The molecule has 1 saturated heterocycles. The topological polar surface area (TPSA) is 29.1 Å². The van der Waals surface area contributed by atoms with Gasteiger partial charge in [0.05, 0.1) is 0 Å². The fourth-order valence-corrected chi connectivity index (χ4v) is 2.46. The first kappa shape index (κ1) is 10.7. The van der Waals surface area contributed by atoms with Crippen molar-refractivity contribution in [3.05, 3.63) is 41.5 Å². The van der Waals surface area contributed by atoms with Crippen LogP contribution in [0.2, 0.25) is 0 Å². The zero-order valence-corrected chi connectivity index (χ0v) is 9.91. The van der Waals surface area contributed by atoms with E-state index in [4.69, 9.17) is 0 Å². The lowest BCUT2D eigenvalue weighted by molar-refractivity contribution is 0.0895. The molecule has 2 heteroatoms. The van der Waals surface area contributed by atoms with Gasteiger partial charge in [0.25, 0.3) is 0 Å². The molecular formula is C15H17NO. The fraction of sp³-hybridized carbons (Fsp3) is 0.400. The van der Waals surface area contributed by atoms with Crippen LogP contribution < -0.4 is 5.32 Å². The van der Waals surface area contributed by atoms with Gasteiger partial charge < -0.3 is 5.32 Å². The molecule has 1 aromatic rings. The highest BCUT2D eigenvalue weighted by molar-refractivity contribution is 5.98. The molecule has 0 bridgehead atoms. The maximum atomic E-state index is 12.3. The Morgan fingerprint density at radius 1 is 1.12 bits per heavy atom. The molecule has 1 fully saturated rings. The Bertz CT molecular complexity index is 452. The quantitative estimate of drug-likeness (QED) is 0.804. The average molecular weight is 227 g/mol. The first-order chi connectivity index (χ1) is 8.34. The minimum atomic E-state index is 0.224. The number of Topliss-reactive ketones (excluding diaryl/α,β-unsaturated/α-hetero) is 1. The number of benzene rings is 1. The highest BCUT2D eigenvalue weighted by atomic mass is 16.1. The summed E-state index contributed by atoms with van der Waals surface area (Å²) in [4.78, 5) is 12.3. The van der Waals surface area contributed by atoms with E-state index in [2.05, 4.69) is 23.5 Å². The third-order valence-electron chi connectivity index (χ3n) is 3.66. The lowest BCUT2D eigenvalue weighted by Crippen LogP contribution is -2.31. The van der Waals surface area contributed by atoms with Crippen molar-refractivity contribution in [2.45, 2.75) is 19.3 Å². The van der Waals surface area contributed by atoms with Crippen molar-refractivity contribution < 1.29 is 4.79 Å². The van der Waals surface area contributed by atoms with Gasteiger partial charge in [-0.1, -0.05) is 30.3 Å². The Kier molecular flexibility index (Phi) is 2.81. The summed E-state index contributed by atoms with van der Waals surface area (Å²) < 4.78 is 0. The largest absolute Gasteiger partial charge is 0.317 e. The number of carbonyl (C=O) groups is 1. The van der Waals surface area contributed by atoms with E-state index in [-0.39, 0.29) is 5.92 Å². The second-order valence-electron chi connectivity index (χ2n) is 4.90. The molecule has 1 aromatic carbocycles. The molecular weight excluding hydrogens is 210 g/mol. The van der Waals surface area contributed by atoms with Gasteiger partial charge in [-0.3, -0.25) is 4.79 Å². The van der Waals surface area contributed by atoms with Gasteiger partial charge in [0.2, 0.25) is 0 Å². The molecule has 0 unspecified atom stereocenters. The van der Waals surface area contributed by atoms with Crippen LogP contribution in [0.4, 0.5) is 0 Å². The van der Waals surface area contributed by atoms with Crippen LogP contribution in [-0.2, 0) is 0 Å². The number of nitrogens with one attached hydrogen (secondary N) is 1. The molecule has 17 heavy (non-hydrogen) atoms. The van der Waals surface area contributed by atoms with Gasteiger partial charge in [0, 0.05) is 11.5 Å². The molecule has 1 aliphatic heterocycles. The second-order valence-corrected chi connectivity index (χ2v) is 4.90. The van der Waals surface area contributed by atoms with E-state index in [0.717, 1.165) is 37.9 Å². The molecule has 1 N–H and O–H groups in total. The van der Waals surface area contributed by atoms with Crippen molar-refractivity contribution in [2.24, 2.45) is 5.92 Å². The number of rotatable bonds is 3. The van der Waals surface area contributed by atoms with Crippen LogP contribution in [0.25, 0.3) is 5.57 Å². The number of hydrogen-bond acceptors (Lipinski definition) is 2. The van der Waals surface area contributed by atoms with E-state index < -0.39 is 0 Å². The third-order valence-corrected chi connectivity index (χ3v) is 3.66. The molecule has 1 heterocycles. The summed E-state index contributed by atoms with van der Waals surface area (Å²) in [6, 6.07) is 8.12. The van der Waals surface area contributed by atoms with Crippen molar-refractivity contribution in [2.75, 3.05) is 13.1 Å². The molecule has 0 spiro atoms. The Hall–Kier alpha value is -1.41. The van der Waals surface area contributed by atoms with Crippen LogP contribution in [0.1, 0.15) is 35.2 Å². The summed E-state index contributed by atoms with van der Waals surface area (Å²) in [7, 11) is 0. The molecule has 3 rings (SSSR count). The van der Waals surface area contributed by atoms with E-state index >= 15 is 0 Å². The van der Waals surface area contributed by atoms with Gasteiger partial charge in [-0.05, 0) is 43.5 Å². The Labute approximate surface area is 102 Å². The van der Waals surface area contributed by atoms with Gasteiger partial charge in [0.1, 0.15) is 0 Å². The molecule has 2 aliphatic rings. The van der Waals surface area contributed by atoms with Gasteiger partial charge in [0.15, 0.2) is 5.78 Å². The van der Waals surface area contributed by atoms with Crippen molar-refractivity contribution in [3.8, 4) is 0 Å². The van der Waals surface area contributed by atoms with Crippen LogP contribution in [-0.4, -0.2) is 18.9 Å². The summed E-state index contributed by atoms with van der Waals surface area (Å²) >= 11 is 0. The van der Waals surface area contributed by atoms with Gasteiger partial charge in [-0.2, -0.15) is 0 Å². The van der Waals surface area contributed by atoms with Crippen molar-refractivity contribution >= 4 is 11.4 Å². The molecule has 0 amide bonds. The minimum Gasteiger partial charge on any atom is -0.317 e. The maximum absolute atomic E-state index is 12.3. The molecule has 0 atom stereocenters. The molecule has 0 aromatic heterocycles. The number of carbonyl (C=O) groups excluding carboxylic acids is 1. The zero-order valence-electron chi connectivity index (χ0n) is 9.91. The summed E-state index contributed by atoms with van der Waals surface area (Å²) in [5, 5.41) is 3.29. The van der Waals surface area contributed by atoms with Crippen LogP contribution >= 0.6 is 0 Å². The van der Waals surface area contributed by atoms with Gasteiger partial charge in [-0.25, -0.2) is 0 Å². The Morgan fingerprint density at radius 3 is 2.35 bits per heavy atom. The maximum Gasteiger partial charge on any atom is 0.166 e. The van der Waals surface area contributed by atoms with Gasteiger partial charge in [-0.15, -0.1) is 0 Å². The Morgan fingerprint density at radius 2 is 1.76 bits per heavy atom. The molecule has 1 aliphatic carbocycles. The first-order valence-electron chi connectivity index (χ1n) is 6.39. The molecule has 2 nitrogen and oxygen atoms in total. The van der Waals surface area contributed by atoms with Crippen LogP contribution in [0.15, 0.2) is 30.3 Å². The third kappa shape index (κ3) is 2.32. The number of ketones is 1. The average Bonchev–Trinajstić information content (AvgIpc) is 3.24. The van der Waals surface area contributed by atoms with Crippen LogP contribution in [0, 0.1) is 5.92 Å². The summed E-state index contributed by atoms with van der Waals surface area (Å²) in [5.41, 5.74) is 3.56. The normalized spacial score (nSPS) is 19.9.